The molecule has 0 radical (unpaired) electrons. The van der Waals surface area contributed by atoms with Gasteiger partial charge in [0.2, 0.25) is 5.91 Å². The van der Waals surface area contributed by atoms with Crippen molar-refractivity contribution in [2.24, 2.45) is 5.73 Å². The van der Waals surface area contributed by atoms with Crippen LogP contribution in [-0.4, -0.2) is 37.7 Å². The van der Waals surface area contributed by atoms with Crippen molar-refractivity contribution in [3.8, 4) is 0 Å². The fourth-order valence-corrected chi connectivity index (χ4v) is 2.06. The Kier molecular flexibility index (Phi) is 5.23. The maximum absolute atomic E-state index is 11.7. The van der Waals surface area contributed by atoms with Crippen molar-refractivity contribution < 1.29 is 23.1 Å². The average molecular weight is 300 g/mol. The van der Waals surface area contributed by atoms with E-state index in [1.807, 2.05) is 0 Å². The number of nitrogens with two attached hydrogens (primary N) is 1. The molecule has 0 aromatic heterocycles. The van der Waals surface area contributed by atoms with E-state index < -0.39 is 27.8 Å². The van der Waals surface area contributed by atoms with E-state index in [9.17, 15) is 18.0 Å². The lowest BCUT2D eigenvalue weighted by Crippen LogP contribution is -2.36. The van der Waals surface area contributed by atoms with Gasteiger partial charge in [-0.15, -0.1) is 0 Å². The Morgan fingerprint density at radius 2 is 1.85 bits per heavy atom. The lowest BCUT2D eigenvalue weighted by Gasteiger charge is -2.11. The topological polar surface area (TPSA) is 127 Å². The minimum absolute atomic E-state index is 0.0303. The number of carbonyl (C=O) groups is 2. The quantitative estimate of drug-likeness (QED) is 0.690. The van der Waals surface area contributed by atoms with Crippen molar-refractivity contribution in [2.75, 3.05) is 11.6 Å². The van der Waals surface area contributed by atoms with Gasteiger partial charge in [-0.2, -0.15) is 0 Å². The molecule has 0 saturated carbocycles. The van der Waals surface area contributed by atoms with E-state index in [2.05, 4.69) is 5.32 Å². The fourth-order valence-electron chi connectivity index (χ4n) is 1.43. The lowest BCUT2D eigenvalue weighted by atomic mass is 10.1. The number of carboxylic acid groups (broad SMARTS) is 1. The lowest BCUT2D eigenvalue weighted by molar-refractivity contribution is -0.137. The summed E-state index contributed by atoms with van der Waals surface area (Å²) in [5, 5.41) is 11.0. The summed E-state index contributed by atoms with van der Waals surface area (Å²) in [5.41, 5.74) is 5.94. The molecule has 1 aromatic carbocycles. The van der Waals surface area contributed by atoms with E-state index >= 15 is 0 Å². The Morgan fingerprint density at radius 1 is 1.30 bits per heavy atom. The van der Waals surface area contributed by atoms with Crippen LogP contribution in [0.15, 0.2) is 29.2 Å². The molecule has 20 heavy (non-hydrogen) atoms. The van der Waals surface area contributed by atoms with Crippen LogP contribution in [-0.2, 0) is 19.4 Å². The number of benzene rings is 1. The summed E-state index contributed by atoms with van der Waals surface area (Å²) in [6.07, 6.45) is 0.923. The number of hydrogen-bond acceptors (Lipinski definition) is 5. The van der Waals surface area contributed by atoms with Crippen molar-refractivity contribution in [2.45, 2.75) is 23.8 Å². The minimum atomic E-state index is -3.29. The van der Waals surface area contributed by atoms with Crippen molar-refractivity contribution in [1.29, 1.82) is 0 Å². The van der Waals surface area contributed by atoms with Crippen LogP contribution in [0.5, 0.6) is 0 Å². The van der Waals surface area contributed by atoms with Gasteiger partial charge in [-0.05, 0) is 30.7 Å². The smallest absolute Gasteiger partial charge is 0.303 e. The predicted octanol–water partition coefficient (Wildman–Crippen LogP) is 0.221. The normalized spacial score (nSPS) is 12.7. The molecule has 0 aliphatic rings. The number of carbonyl (C=O) groups excluding carboxylic acids is 1. The molecule has 1 unspecified atom stereocenters. The standard InChI is InChI=1S/C12H16N2O5S/c1-20(18,19)9-4-2-8(3-5-9)14-12(17)10(13)6-7-11(15)16/h2-5,10H,6-7,13H2,1H3,(H,14,17)(H,15,16). The number of sulfone groups is 1. The van der Waals surface area contributed by atoms with E-state index in [0.717, 1.165) is 6.26 Å². The zero-order valence-corrected chi connectivity index (χ0v) is 11.7. The SMILES string of the molecule is CS(=O)(=O)c1ccc(NC(=O)C(N)CCC(=O)O)cc1. The highest BCUT2D eigenvalue weighted by atomic mass is 32.2. The molecule has 1 rings (SSSR count). The molecular weight excluding hydrogens is 284 g/mol. The van der Waals surface area contributed by atoms with Gasteiger partial charge in [0, 0.05) is 18.4 Å². The minimum Gasteiger partial charge on any atom is -0.481 e. The molecule has 1 atom stereocenters. The number of carboxylic acids is 1. The molecule has 4 N–H and O–H groups in total. The van der Waals surface area contributed by atoms with E-state index in [1.165, 1.54) is 24.3 Å². The Balaban J connectivity index is 2.65. The highest BCUT2D eigenvalue weighted by molar-refractivity contribution is 7.90. The monoisotopic (exact) mass is 300 g/mol. The third-order valence-electron chi connectivity index (χ3n) is 2.56. The van der Waals surface area contributed by atoms with Crippen LogP contribution in [0.25, 0.3) is 0 Å². The third kappa shape index (κ3) is 4.98. The zero-order chi connectivity index (χ0) is 15.3. The summed E-state index contributed by atoms with van der Waals surface area (Å²) in [5.74, 6) is -1.54. The van der Waals surface area contributed by atoms with Gasteiger partial charge >= 0.3 is 5.97 Å². The Bertz CT molecular complexity index is 595. The molecule has 0 heterocycles. The first kappa shape index (κ1) is 16.1. The van der Waals surface area contributed by atoms with Crippen LogP contribution in [0.3, 0.4) is 0 Å². The molecule has 0 aliphatic heterocycles. The number of aliphatic carboxylic acids is 1. The van der Waals surface area contributed by atoms with E-state index in [-0.39, 0.29) is 17.7 Å². The van der Waals surface area contributed by atoms with Crippen molar-refractivity contribution in [3.05, 3.63) is 24.3 Å². The molecule has 0 bridgehead atoms. The van der Waals surface area contributed by atoms with Crippen LogP contribution in [0.4, 0.5) is 5.69 Å². The number of hydrogen-bond donors (Lipinski definition) is 3. The summed E-state index contributed by atoms with van der Waals surface area (Å²) in [7, 11) is -3.29. The highest BCUT2D eigenvalue weighted by Gasteiger charge is 2.15. The molecule has 0 aliphatic carbocycles. The van der Waals surface area contributed by atoms with Gasteiger partial charge in [0.05, 0.1) is 10.9 Å². The van der Waals surface area contributed by atoms with Gasteiger partial charge in [0.25, 0.3) is 0 Å². The second-order valence-electron chi connectivity index (χ2n) is 4.32. The molecule has 0 fully saturated rings. The first-order chi connectivity index (χ1) is 9.20. The van der Waals surface area contributed by atoms with Crippen molar-refractivity contribution >= 4 is 27.4 Å². The molecule has 8 heteroatoms. The first-order valence-corrected chi connectivity index (χ1v) is 7.67. The molecule has 0 spiro atoms. The van der Waals surface area contributed by atoms with Crippen molar-refractivity contribution in [1.82, 2.24) is 0 Å². The van der Waals surface area contributed by atoms with Crippen LogP contribution >= 0.6 is 0 Å². The average Bonchev–Trinajstić information content (AvgIpc) is 2.35. The fraction of sp³-hybridized carbons (Fsp3) is 0.333. The summed E-state index contributed by atoms with van der Waals surface area (Å²) in [6.45, 7) is 0. The number of nitrogens with one attached hydrogen (secondary N) is 1. The van der Waals surface area contributed by atoms with Crippen LogP contribution in [0.2, 0.25) is 0 Å². The van der Waals surface area contributed by atoms with Gasteiger partial charge in [0.1, 0.15) is 0 Å². The summed E-state index contributed by atoms with van der Waals surface area (Å²) in [4.78, 5) is 22.2. The van der Waals surface area contributed by atoms with Gasteiger partial charge in [-0.1, -0.05) is 0 Å². The first-order valence-electron chi connectivity index (χ1n) is 5.78. The largest absolute Gasteiger partial charge is 0.481 e. The molecule has 1 aromatic rings. The van der Waals surface area contributed by atoms with Gasteiger partial charge in [-0.25, -0.2) is 8.42 Å². The molecule has 7 nitrogen and oxygen atoms in total. The number of amides is 1. The van der Waals surface area contributed by atoms with Crippen LogP contribution in [0.1, 0.15) is 12.8 Å². The summed E-state index contributed by atoms with van der Waals surface area (Å²) >= 11 is 0. The van der Waals surface area contributed by atoms with Crippen LogP contribution in [0, 0.1) is 0 Å². The second-order valence-corrected chi connectivity index (χ2v) is 6.34. The summed E-state index contributed by atoms with van der Waals surface area (Å²) < 4.78 is 22.5. The third-order valence-corrected chi connectivity index (χ3v) is 3.68. The number of anilines is 1. The van der Waals surface area contributed by atoms with E-state index in [4.69, 9.17) is 10.8 Å². The maximum atomic E-state index is 11.7. The Labute approximate surface area is 116 Å². The Morgan fingerprint density at radius 3 is 2.30 bits per heavy atom. The van der Waals surface area contributed by atoms with Gasteiger partial charge in [-0.3, -0.25) is 9.59 Å². The van der Waals surface area contributed by atoms with Crippen LogP contribution < -0.4 is 11.1 Å². The molecule has 0 saturated heterocycles. The van der Waals surface area contributed by atoms with E-state index in [0.29, 0.717) is 5.69 Å². The van der Waals surface area contributed by atoms with Gasteiger partial charge in [0.15, 0.2) is 9.84 Å². The summed E-state index contributed by atoms with van der Waals surface area (Å²) in [6, 6.07) is 4.69. The van der Waals surface area contributed by atoms with Gasteiger partial charge < -0.3 is 16.2 Å². The molecule has 1 amide bonds. The number of rotatable bonds is 6. The van der Waals surface area contributed by atoms with Crippen molar-refractivity contribution in [3.63, 3.8) is 0 Å². The second kappa shape index (κ2) is 6.49. The molecule has 110 valence electrons. The Hall–Kier alpha value is -1.93. The predicted molar refractivity (Wildman–Crippen MR) is 73.0 cm³/mol. The molecular formula is C12H16N2O5S. The van der Waals surface area contributed by atoms with E-state index in [1.54, 1.807) is 0 Å². The zero-order valence-electron chi connectivity index (χ0n) is 10.9. The maximum Gasteiger partial charge on any atom is 0.303 e. The highest BCUT2D eigenvalue weighted by Crippen LogP contribution is 2.14.